The van der Waals surface area contributed by atoms with Crippen molar-refractivity contribution in [3.63, 3.8) is 0 Å². The molecule has 0 fully saturated rings. The van der Waals surface area contributed by atoms with E-state index in [1.807, 2.05) is 6.92 Å². The van der Waals surface area contributed by atoms with Gasteiger partial charge in [-0.15, -0.1) is 0 Å². The van der Waals surface area contributed by atoms with Crippen molar-refractivity contribution in [2.24, 2.45) is 0 Å². The number of ether oxygens (including phenoxy) is 1. The molecule has 2 aromatic carbocycles. The third-order valence-corrected chi connectivity index (χ3v) is 6.17. The first-order valence-corrected chi connectivity index (χ1v) is 11.4. The first-order valence-electron chi connectivity index (χ1n) is 9.20. The zero-order chi connectivity index (χ0) is 21.6. The van der Waals surface area contributed by atoms with Crippen molar-refractivity contribution in [3.8, 4) is 0 Å². The van der Waals surface area contributed by atoms with Crippen molar-refractivity contribution in [1.29, 1.82) is 0 Å². The molecule has 3 aromatic rings. The summed E-state index contributed by atoms with van der Waals surface area (Å²) >= 11 is 12.3. The van der Waals surface area contributed by atoms with E-state index in [0.717, 1.165) is 11.1 Å². The van der Waals surface area contributed by atoms with Crippen LogP contribution in [0.3, 0.4) is 0 Å². The number of hydrogen-bond acceptors (Lipinski definition) is 6. The molecule has 0 spiro atoms. The molecule has 0 saturated heterocycles. The minimum atomic E-state index is -3.80. The number of aromatic nitrogens is 3. The molecule has 0 amide bonds. The van der Waals surface area contributed by atoms with Crippen molar-refractivity contribution in [1.82, 2.24) is 14.8 Å². The van der Waals surface area contributed by atoms with Gasteiger partial charge in [-0.1, -0.05) is 47.0 Å². The van der Waals surface area contributed by atoms with Gasteiger partial charge in [0, 0.05) is 22.2 Å². The number of aryl methyl sites for hydroxylation is 1. The van der Waals surface area contributed by atoms with Gasteiger partial charge in [0.25, 0.3) is 10.1 Å². The van der Waals surface area contributed by atoms with Crippen molar-refractivity contribution in [2.45, 2.75) is 30.9 Å². The second-order valence-electron chi connectivity index (χ2n) is 6.59. The van der Waals surface area contributed by atoms with E-state index in [1.54, 1.807) is 41.3 Å². The summed E-state index contributed by atoms with van der Waals surface area (Å²) in [6, 6.07) is 11.7. The molecule has 0 aliphatic rings. The highest BCUT2D eigenvalue weighted by Crippen LogP contribution is 2.29. The Labute approximate surface area is 185 Å². The Morgan fingerprint density at radius 2 is 1.87 bits per heavy atom. The molecule has 160 valence electrons. The average Bonchev–Trinajstić information content (AvgIpc) is 3.20. The van der Waals surface area contributed by atoms with Gasteiger partial charge in [0.05, 0.1) is 18.0 Å². The van der Waals surface area contributed by atoms with Gasteiger partial charge < -0.3 is 4.74 Å². The third kappa shape index (κ3) is 6.26. The molecule has 0 radical (unpaired) electrons. The van der Waals surface area contributed by atoms with E-state index in [4.69, 9.17) is 32.1 Å². The molecule has 1 unspecified atom stereocenters. The molecule has 1 heterocycles. The highest BCUT2D eigenvalue weighted by molar-refractivity contribution is 7.86. The van der Waals surface area contributed by atoms with E-state index in [2.05, 4.69) is 10.1 Å². The zero-order valence-corrected chi connectivity index (χ0v) is 18.6. The Morgan fingerprint density at radius 3 is 2.53 bits per heavy atom. The van der Waals surface area contributed by atoms with Crippen LogP contribution in [0, 0.1) is 6.92 Å². The summed E-state index contributed by atoms with van der Waals surface area (Å²) in [5, 5.41) is 5.10. The Hall–Kier alpha value is -1.97. The molecule has 0 bridgehead atoms. The standard InChI is InChI=1S/C20H21Cl2N3O4S/c1-15-3-6-17(7-4-15)30(26,27)29-10-2-9-28-20(12-25-14-23-13-24-25)18-8-5-16(21)11-19(18)22/h3-8,11,13-14,20H,2,9-10,12H2,1H3. The maximum Gasteiger partial charge on any atom is 0.296 e. The van der Waals surface area contributed by atoms with Gasteiger partial charge in [0.2, 0.25) is 0 Å². The van der Waals surface area contributed by atoms with Gasteiger partial charge in [-0.25, -0.2) is 4.98 Å². The van der Waals surface area contributed by atoms with Crippen LogP contribution in [0.5, 0.6) is 0 Å². The van der Waals surface area contributed by atoms with Crippen LogP contribution in [-0.4, -0.2) is 36.4 Å². The average molecular weight is 470 g/mol. The summed E-state index contributed by atoms with van der Waals surface area (Å²) in [5.41, 5.74) is 1.73. The lowest BCUT2D eigenvalue weighted by molar-refractivity contribution is 0.0317. The summed E-state index contributed by atoms with van der Waals surface area (Å²) in [6.45, 7) is 2.55. The number of rotatable bonds is 10. The fraction of sp³-hybridized carbons (Fsp3) is 0.300. The number of hydrogen-bond donors (Lipinski definition) is 0. The SMILES string of the molecule is Cc1ccc(S(=O)(=O)OCCCOC(Cn2cncn2)c2ccc(Cl)cc2Cl)cc1. The van der Waals surface area contributed by atoms with Gasteiger partial charge in [-0.2, -0.15) is 13.5 Å². The van der Waals surface area contributed by atoms with Crippen LogP contribution in [0.15, 0.2) is 60.0 Å². The third-order valence-electron chi connectivity index (χ3n) is 4.28. The first kappa shape index (κ1) is 22.7. The fourth-order valence-corrected chi connectivity index (χ4v) is 4.20. The molecule has 0 aliphatic carbocycles. The molecular formula is C20H21Cl2N3O4S. The second-order valence-corrected chi connectivity index (χ2v) is 9.04. The van der Waals surface area contributed by atoms with E-state index in [9.17, 15) is 8.42 Å². The Kier molecular flexibility index (Phi) is 7.85. The van der Waals surface area contributed by atoms with Crippen LogP contribution in [0.2, 0.25) is 10.0 Å². The van der Waals surface area contributed by atoms with Gasteiger partial charge in [-0.05, 0) is 37.6 Å². The van der Waals surface area contributed by atoms with E-state index in [1.165, 1.54) is 18.5 Å². The molecular weight excluding hydrogens is 449 g/mol. The minimum absolute atomic E-state index is 0.000600. The molecule has 3 rings (SSSR count). The van der Waals surface area contributed by atoms with Crippen molar-refractivity contribution in [3.05, 3.63) is 76.3 Å². The maximum absolute atomic E-state index is 12.2. The van der Waals surface area contributed by atoms with Crippen LogP contribution in [0.25, 0.3) is 0 Å². The Bertz CT molecular complexity index is 1060. The smallest absolute Gasteiger partial charge is 0.296 e. The first-order chi connectivity index (χ1) is 14.3. The van der Waals surface area contributed by atoms with Crippen LogP contribution >= 0.6 is 23.2 Å². The Balaban J connectivity index is 1.57. The monoisotopic (exact) mass is 469 g/mol. The van der Waals surface area contributed by atoms with E-state index in [0.29, 0.717) is 23.0 Å². The zero-order valence-electron chi connectivity index (χ0n) is 16.2. The van der Waals surface area contributed by atoms with Crippen LogP contribution in [-0.2, 0) is 25.6 Å². The van der Waals surface area contributed by atoms with E-state index < -0.39 is 16.2 Å². The molecule has 0 N–H and O–H groups in total. The van der Waals surface area contributed by atoms with Crippen molar-refractivity contribution < 1.29 is 17.3 Å². The molecule has 1 atom stereocenters. The van der Waals surface area contributed by atoms with Crippen LogP contribution < -0.4 is 0 Å². The lowest BCUT2D eigenvalue weighted by Crippen LogP contribution is -2.16. The quantitative estimate of drug-likeness (QED) is 0.322. The highest BCUT2D eigenvalue weighted by Gasteiger charge is 2.18. The summed E-state index contributed by atoms with van der Waals surface area (Å²) in [5.74, 6) is 0. The normalized spacial score (nSPS) is 12.8. The number of halogens is 2. The molecule has 30 heavy (non-hydrogen) atoms. The van der Waals surface area contributed by atoms with Crippen molar-refractivity contribution >= 4 is 33.3 Å². The van der Waals surface area contributed by atoms with Crippen LogP contribution in [0.4, 0.5) is 0 Å². The van der Waals surface area contributed by atoms with E-state index in [-0.39, 0.29) is 18.1 Å². The molecule has 0 saturated carbocycles. The topological polar surface area (TPSA) is 83.3 Å². The van der Waals surface area contributed by atoms with Gasteiger partial charge in [-0.3, -0.25) is 8.86 Å². The molecule has 10 heteroatoms. The fourth-order valence-electron chi connectivity index (χ4n) is 2.73. The predicted molar refractivity (Wildman–Crippen MR) is 114 cm³/mol. The van der Waals surface area contributed by atoms with Crippen LogP contribution in [0.1, 0.15) is 23.7 Å². The lowest BCUT2D eigenvalue weighted by Gasteiger charge is -2.19. The minimum Gasteiger partial charge on any atom is -0.371 e. The lowest BCUT2D eigenvalue weighted by atomic mass is 10.1. The predicted octanol–water partition coefficient (Wildman–Crippen LogP) is 4.45. The second kappa shape index (κ2) is 10.4. The van der Waals surface area contributed by atoms with Gasteiger partial charge in [0.1, 0.15) is 18.8 Å². The van der Waals surface area contributed by atoms with Gasteiger partial charge >= 0.3 is 0 Å². The molecule has 1 aromatic heterocycles. The molecule has 0 aliphatic heterocycles. The van der Waals surface area contributed by atoms with Gasteiger partial charge in [0.15, 0.2) is 0 Å². The summed E-state index contributed by atoms with van der Waals surface area (Å²) in [6.07, 6.45) is 2.98. The molecule has 7 nitrogen and oxygen atoms in total. The maximum atomic E-state index is 12.2. The summed E-state index contributed by atoms with van der Waals surface area (Å²) < 4.78 is 37.2. The Morgan fingerprint density at radius 1 is 1.10 bits per heavy atom. The number of nitrogens with zero attached hydrogens (tertiary/aromatic N) is 3. The number of benzene rings is 2. The van der Waals surface area contributed by atoms with Crippen molar-refractivity contribution in [2.75, 3.05) is 13.2 Å². The largest absolute Gasteiger partial charge is 0.371 e. The van der Waals surface area contributed by atoms with E-state index >= 15 is 0 Å². The summed E-state index contributed by atoms with van der Waals surface area (Å²) in [4.78, 5) is 4.06. The highest BCUT2D eigenvalue weighted by atomic mass is 35.5. The summed E-state index contributed by atoms with van der Waals surface area (Å²) in [7, 11) is -3.80.